The molecule has 2 fully saturated rings. The van der Waals surface area contributed by atoms with Crippen LogP contribution in [0.1, 0.15) is 43.0 Å². The third kappa shape index (κ3) is 3.76. The second-order valence-electron chi connectivity index (χ2n) is 10.2. The van der Waals surface area contributed by atoms with E-state index in [4.69, 9.17) is 15.5 Å². The zero-order chi connectivity index (χ0) is 24.3. The van der Waals surface area contributed by atoms with Gasteiger partial charge in [-0.3, -0.25) is 4.79 Å². The molecule has 3 aromatic heterocycles. The highest BCUT2D eigenvalue weighted by atomic mass is 16.5. The fraction of sp³-hybridized carbons (Fsp3) is 0.444. The van der Waals surface area contributed by atoms with Gasteiger partial charge in [-0.25, -0.2) is 9.97 Å². The van der Waals surface area contributed by atoms with Gasteiger partial charge in [0.1, 0.15) is 16.9 Å². The zero-order valence-corrected chi connectivity index (χ0v) is 20.6. The first kappa shape index (κ1) is 22.1. The molecule has 1 aliphatic heterocycles. The topological polar surface area (TPSA) is 91.2 Å². The molecule has 182 valence electrons. The lowest BCUT2D eigenvalue weighted by Crippen LogP contribution is -2.50. The Kier molecular flexibility index (Phi) is 5.29. The largest absolute Gasteiger partial charge is 0.494 e. The number of imidazole rings is 1. The van der Waals surface area contributed by atoms with Crippen LogP contribution in [0.5, 0.6) is 5.75 Å². The van der Waals surface area contributed by atoms with Gasteiger partial charge in [-0.15, -0.1) is 0 Å². The summed E-state index contributed by atoms with van der Waals surface area (Å²) < 4.78 is 10.1. The number of fused-ring (bicyclic) bond motifs is 2. The summed E-state index contributed by atoms with van der Waals surface area (Å²) in [6, 6.07) is 10.1. The summed E-state index contributed by atoms with van der Waals surface area (Å²) in [6.07, 6.45) is 6.22. The number of aromatic nitrogens is 4. The number of nitrogens with two attached hydrogens (primary N) is 1. The first-order chi connectivity index (χ1) is 16.9. The van der Waals surface area contributed by atoms with Gasteiger partial charge in [-0.2, -0.15) is 0 Å². The van der Waals surface area contributed by atoms with E-state index >= 15 is 0 Å². The predicted molar refractivity (Wildman–Crippen MR) is 136 cm³/mol. The van der Waals surface area contributed by atoms with Crippen molar-refractivity contribution in [3.05, 3.63) is 42.1 Å². The molecule has 0 unspecified atom stereocenters. The first-order valence-electron chi connectivity index (χ1n) is 12.5. The van der Waals surface area contributed by atoms with Gasteiger partial charge in [0, 0.05) is 49.4 Å². The highest BCUT2D eigenvalue weighted by Gasteiger charge is 2.30. The maximum Gasteiger partial charge on any atom is 0.254 e. The SMILES string of the molecule is COc1cc(C(=O)N2C[C@H](N)CC[C@@H]2C)cc2nc(-c3cc4cccnc4n3CC3CC3)n(C)c12. The van der Waals surface area contributed by atoms with Gasteiger partial charge >= 0.3 is 0 Å². The molecule has 6 rings (SSSR count). The molecule has 1 saturated heterocycles. The van der Waals surface area contributed by atoms with Gasteiger partial charge in [-0.05, 0) is 68.9 Å². The lowest BCUT2D eigenvalue weighted by molar-refractivity contribution is 0.0612. The van der Waals surface area contributed by atoms with Crippen molar-refractivity contribution in [2.45, 2.75) is 51.2 Å². The normalized spacial score (nSPS) is 20.6. The van der Waals surface area contributed by atoms with Gasteiger partial charge in [0.15, 0.2) is 5.82 Å². The number of rotatable bonds is 5. The van der Waals surface area contributed by atoms with Crippen LogP contribution in [0.4, 0.5) is 0 Å². The molecule has 0 radical (unpaired) electrons. The van der Waals surface area contributed by atoms with E-state index < -0.39 is 0 Å². The predicted octanol–water partition coefficient (Wildman–Crippen LogP) is 3.96. The van der Waals surface area contributed by atoms with Gasteiger partial charge in [0.25, 0.3) is 5.91 Å². The third-order valence-electron chi connectivity index (χ3n) is 7.60. The molecule has 2 aliphatic rings. The number of ether oxygens (including phenoxy) is 1. The second-order valence-corrected chi connectivity index (χ2v) is 10.2. The van der Waals surface area contributed by atoms with Crippen LogP contribution in [0, 0.1) is 5.92 Å². The Hall–Kier alpha value is -3.39. The Bertz CT molecular complexity index is 1430. The lowest BCUT2D eigenvalue weighted by Gasteiger charge is -2.36. The van der Waals surface area contributed by atoms with E-state index in [9.17, 15) is 4.79 Å². The van der Waals surface area contributed by atoms with E-state index in [1.807, 2.05) is 36.3 Å². The Morgan fingerprint density at radius 1 is 1.20 bits per heavy atom. The fourth-order valence-corrected chi connectivity index (χ4v) is 5.42. The molecule has 1 amide bonds. The average molecular weight is 473 g/mol. The van der Waals surface area contributed by atoms with Crippen molar-refractivity contribution in [1.82, 2.24) is 24.0 Å². The Labute approximate surface area is 204 Å². The molecule has 4 aromatic rings. The van der Waals surface area contributed by atoms with E-state index in [-0.39, 0.29) is 18.0 Å². The number of carbonyl (C=O) groups excluding carboxylic acids is 1. The fourth-order valence-electron chi connectivity index (χ4n) is 5.42. The lowest BCUT2D eigenvalue weighted by atomic mass is 9.99. The summed E-state index contributed by atoms with van der Waals surface area (Å²) in [7, 11) is 3.65. The van der Waals surface area contributed by atoms with Crippen molar-refractivity contribution < 1.29 is 9.53 Å². The molecule has 35 heavy (non-hydrogen) atoms. The van der Waals surface area contributed by atoms with Gasteiger partial charge in [-0.1, -0.05) is 0 Å². The van der Waals surface area contributed by atoms with Crippen LogP contribution in [0.25, 0.3) is 33.6 Å². The minimum absolute atomic E-state index is 0.0178. The van der Waals surface area contributed by atoms with E-state index in [2.05, 4.69) is 33.2 Å². The van der Waals surface area contributed by atoms with Crippen molar-refractivity contribution in [1.29, 1.82) is 0 Å². The number of hydrogen-bond donors (Lipinski definition) is 1. The summed E-state index contributed by atoms with van der Waals surface area (Å²) in [5, 5.41) is 1.11. The van der Waals surface area contributed by atoms with Crippen LogP contribution >= 0.6 is 0 Å². The summed E-state index contributed by atoms with van der Waals surface area (Å²) >= 11 is 0. The average Bonchev–Trinajstić information content (AvgIpc) is 3.53. The summed E-state index contributed by atoms with van der Waals surface area (Å²) in [5.41, 5.74) is 10.4. The standard InChI is InChI=1S/C27H32N6O2/c1-16-6-9-20(28)15-32(16)27(34)19-11-21-24(23(13-19)35-3)31(2)26(30-21)22-12-18-5-4-10-29-25(18)33(22)14-17-7-8-17/h4-5,10-13,16-17,20H,6-9,14-15,28H2,1-3H3/t16-,20+/m0/s1. The minimum atomic E-state index is -0.0212. The molecule has 2 atom stereocenters. The number of carbonyl (C=O) groups is 1. The van der Waals surface area contributed by atoms with Crippen LogP contribution in [-0.4, -0.2) is 55.6 Å². The van der Waals surface area contributed by atoms with E-state index in [0.717, 1.165) is 53.0 Å². The van der Waals surface area contributed by atoms with Gasteiger partial charge in [0.05, 0.1) is 18.3 Å². The molecule has 8 nitrogen and oxygen atoms in total. The van der Waals surface area contributed by atoms with Gasteiger partial charge in [0.2, 0.25) is 0 Å². The van der Waals surface area contributed by atoms with Crippen molar-refractivity contribution >= 4 is 28.0 Å². The summed E-state index contributed by atoms with van der Waals surface area (Å²) in [6.45, 7) is 3.60. The molecule has 1 saturated carbocycles. The van der Waals surface area contributed by atoms with Crippen LogP contribution < -0.4 is 10.5 Å². The van der Waals surface area contributed by atoms with Gasteiger partial charge < -0.3 is 24.5 Å². The number of benzene rings is 1. The zero-order valence-electron chi connectivity index (χ0n) is 20.6. The van der Waals surface area contributed by atoms with Crippen LogP contribution in [-0.2, 0) is 13.6 Å². The second kappa shape index (κ2) is 8.37. The Morgan fingerprint density at radius 3 is 2.80 bits per heavy atom. The number of nitrogens with zero attached hydrogens (tertiary/aromatic N) is 5. The highest BCUT2D eigenvalue weighted by molar-refractivity contribution is 6.00. The van der Waals surface area contributed by atoms with Crippen molar-refractivity contribution in [2.75, 3.05) is 13.7 Å². The maximum atomic E-state index is 13.5. The summed E-state index contributed by atoms with van der Waals surface area (Å²) in [4.78, 5) is 25.1. The van der Waals surface area contributed by atoms with Crippen molar-refractivity contribution in [3.63, 3.8) is 0 Å². The van der Waals surface area contributed by atoms with Crippen molar-refractivity contribution in [2.24, 2.45) is 18.7 Å². The highest BCUT2D eigenvalue weighted by Crippen LogP contribution is 2.37. The number of amides is 1. The molecule has 1 aromatic carbocycles. The number of methoxy groups -OCH3 is 1. The summed E-state index contributed by atoms with van der Waals surface area (Å²) in [5.74, 6) is 2.16. The monoisotopic (exact) mass is 472 g/mol. The maximum absolute atomic E-state index is 13.5. The van der Waals surface area contributed by atoms with Crippen molar-refractivity contribution in [3.8, 4) is 17.3 Å². The van der Waals surface area contributed by atoms with Crippen LogP contribution in [0.3, 0.4) is 0 Å². The van der Waals surface area contributed by atoms with E-state index in [1.165, 1.54) is 12.8 Å². The minimum Gasteiger partial charge on any atom is -0.494 e. The number of piperidine rings is 1. The molecule has 8 heteroatoms. The quantitative estimate of drug-likeness (QED) is 0.475. The van der Waals surface area contributed by atoms with E-state index in [1.54, 1.807) is 7.11 Å². The molecule has 4 heterocycles. The first-order valence-corrected chi connectivity index (χ1v) is 12.5. The Morgan fingerprint density at radius 2 is 2.03 bits per heavy atom. The molecular weight excluding hydrogens is 440 g/mol. The number of aryl methyl sites for hydroxylation is 1. The van der Waals surface area contributed by atoms with E-state index in [0.29, 0.717) is 23.8 Å². The molecule has 0 bridgehead atoms. The molecule has 1 aliphatic carbocycles. The third-order valence-corrected chi connectivity index (χ3v) is 7.60. The number of likely N-dealkylation sites (tertiary alicyclic amines) is 1. The molecular formula is C27H32N6O2. The molecule has 2 N–H and O–H groups in total. The molecule has 0 spiro atoms. The Balaban J connectivity index is 1.47. The van der Waals surface area contributed by atoms with Crippen LogP contribution in [0.15, 0.2) is 36.5 Å². The smallest absolute Gasteiger partial charge is 0.254 e. The number of pyridine rings is 1. The van der Waals surface area contributed by atoms with Crippen LogP contribution in [0.2, 0.25) is 0 Å². The number of hydrogen-bond acceptors (Lipinski definition) is 5.